The van der Waals surface area contributed by atoms with Crippen LogP contribution in [0.5, 0.6) is 0 Å². The second kappa shape index (κ2) is 6.26. The van der Waals surface area contributed by atoms with E-state index in [1.54, 1.807) is 10.9 Å². The minimum absolute atomic E-state index is 0.174. The van der Waals surface area contributed by atoms with Crippen molar-refractivity contribution in [2.45, 2.75) is 32.7 Å². The predicted molar refractivity (Wildman–Crippen MR) is 96.1 cm³/mol. The van der Waals surface area contributed by atoms with E-state index in [0.29, 0.717) is 0 Å². The Morgan fingerprint density at radius 3 is 2.60 bits per heavy atom. The Labute approximate surface area is 148 Å². The van der Waals surface area contributed by atoms with Crippen LogP contribution in [0.1, 0.15) is 30.7 Å². The summed E-state index contributed by atoms with van der Waals surface area (Å²) in [5.74, 6) is 0.286. The van der Waals surface area contributed by atoms with E-state index in [4.69, 9.17) is 0 Å². The first-order valence-corrected chi connectivity index (χ1v) is 9.01. The Morgan fingerprint density at radius 1 is 1.16 bits per heavy atom. The molecule has 0 saturated carbocycles. The normalized spacial score (nSPS) is 20.6. The number of hydrogen-bond donors (Lipinski definition) is 0. The van der Waals surface area contributed by atoms with Gasteiger partial charge in [0.1, 0.15) is 0 Å². The molecular weight excluding hydrogens is 314 g/mol. The fourth-order valence-electron chi connectivity index (χ4n) is 4.13. The number of nitrogens with zero attached hydrogens (tertiary/aromatic N) is 5. The highest BCUT2D eigenvalue weighted by Crippen LogP contribution is 2.43. The van der Waals surface area contributed by atoms with Crippen LogP contribution in [0.25, 0.3) is 0 Å². The molecule has 25 heavy (non-hydrogen) atoms. The molecular formula is C19H25N5O. The van der Waals surface area contributed by atoms with Crippen LogP contribution >= 0.6 is 0 Å². The second-order valence-corrected chi connectivity index (χ2v) is 7.41. The van der Waals surface area contributed by atoms with E-state index < -0.39 is 0 Å². The maximum Gasteiger partial charge on any atom is 0.233 e. The van der Waals surface area contributed by atoms with Gasteiger partial charge in [-0.05, 0) is 51.4 Å². The van der Waals surface area contributed by atoms with Crippen molar-refractivity contribution in [2.24, 2.45) is 12.5 Å². The number of amides is 1. The molecule has 2 aromatic rings. The zero-order chi connectivity index (χ0) is 17.4. The average Bonchev–Trinajstić information content (AvgIpc) is 3.15. The van der Waals surface area contributed by atoms with E-state index in [1.165, 1.54) is 0 Å². The van der Waals surface area contributed by atoms with E-state index in [9.17, 15) is 4.79 Å². The van der Waals surface area contributed by atoms with Crippen LogP contribution in [0.4, 0.5) is 5.69 Å². The van der Waals surface area contributed by atoms with Crippen LogP contribution in [-0.2, 0) is 18.4 Å². The maximum atomic E-state index is 13.1. The van der Waals surface area contributed by atoms with E-state index in [2.05, 4.69) is 27.1 Å². The van der Waals surface area contributed by atoms with Crippen molar-refractivity contribution in [1.82, 2.24) is 19.7 Å². The lowest BCUT2D eigenvalue weighted by Gasteiger charge is -2.37. The van der Waals surface area contributed by atoms with Crippen molar-refractivity contribution >= 4 is 11.6 Å². The van der Waals surface area contributed by atoms with Crippen molar-refractivity contribution in [2.75, 3.05) is 24.5 Å². The van der Waals surface area contributed by atoms with Gasteiger partial charge < -0.3 is 4.90 Å². The van der Waals surface area contributed by atoms with Gasteiger partial charge >= 0.3 is 0 Å². The highest BCUT2D eigenvalue weighted by atomic mass is 16.2. The van der Waals surface area contributed by atoms with E-state index in [-0.39, 0.29) is 11.3 Å². The van der Waals surface area contributed by atoms with E-state index >= 15 is 0 Å². The molecule has 1 spiro atoms. The van der Waals surface area contributed by atoms with Gasteiger partial charge in [0.2, 0.25) is 5.91 Å². The minimum Gasteiger partial charge on any atom is -0.309 e. The summed E-state index contributed by atoms with van der Waals surface area (Å²) in [4.78, 5) is 22.0. The van der Waals surface area contributed by atoms with Crippen LogP contribution in [0.3, 0.4) is 0 Å². The van der Waals surface area contributed by atoms with Crippen LogP contribution < -0.4 is 4.90 Å². The molecule has 2 saturated heterocycles. The summed E-state index contributed by atoms with van der Waals surface area (Å²) in [7, 11) is 1.89. The lowest BCUT2D eigenvalue weighted by Crippen LogP contribution is -2.44. The number of likely N-dealkylation sites (tertiary alicyclic amines) is 1. The number of anilines is 1. The standard InChI is InChI=1S/C19H25N5O/c1-15-4-3-5-16(21-15)13-23-9-6-19(7-10-23)8-11-24(18(19)25)17-12-20-22(2)14-17/h3-5,12,14H,6-11,13H2,1-2H3. The first-order chi connectivity index (χ1) is 12.1. The van der Waals surface area contributed by atoms with Crippen molar-refractivity contribution in [3.05, 3.63) is 42.0 Å². The molecule has 0 N–H and O–H groups in total. The summed E-state index contributed by atoms with van der Waals surface area (Å²) in [5, 5.41) is 4.20. The number of piperidine rings is 1. The molecule has 0 aliphatic carbocycles. The van der Waals surface area contributed by atoms with E-state index in [1.807, 2.05) is 31.1 Å². The van der Waals surface area contributed by atoms with Crippen molar-refractivity contribution in [3.63, 3.8) is 0 Å². The molecule has 2 aliphatic rings. The SMILES string of the molecule is Cc1cccc(CN2CCC3(CC2)CCN(c2cnn(C)c2)C3=O)n1. The molecule has 4 heterocycles. The lowest BCUT2D eigenvalue weighted by molar-refractivity contribution is -0.128. The minimum atomic E-state index is -0.174. The zero-order valence-electron chi connectivity index (χ0n) is 15.0. The molecule has 0 radical (unpaired) electrons. The third-order valence-corrected chi connectivity index (χ3v) is 5.66. The summed E-state index contributed by atoms with van der Waals surface area (Å²) in [5.41, 5.74) is 2.93. The van der Waals surface area contributed by atoms with E-state index in [0.717, 1.165) is 62.5 Å². The van der Waals surface area contributed by atoms with Crippen LogP contribution in [0.2, 0.25) is 0 Å². The Morgan fingerprint density at radius 2 is 1.92 bits per heavy atom. The Kier molecular flexibility index (Phi) is 4.07. The number of carbonyl (C=O) groups excluding carboxylic acids is 1. The van der Waals surface area contributed by atoms with Crippen molar-refractivity contribution < 1.29 is 4.79 Å². The van der Waals surface area contributed by atoms with Gasteiger partial charge in [-0.3, -0.25) is 19.4 Å². The number of carbonyl (C=O) groups is 1. The number of hydrogen-bond acceptors (Lipinski definition) is 4. The molecule has 6 heteroatoms. The number of rotatable bonds is 3. The third-order valence-electron chi connectivity index (χ3n) is 5.66. The quantitative estimate of drug-likeness (QED) is 0.860. The first kappa shape index (κ1) is 16.3. The monoisotopic (exact) mass is 339 g/mol. The molecule has 1 amide bonds. The molecule has 6 nitrogen and oxygen atoms in total. The molecule has 2 fully saturated rings. The van der Waals surface area contributed by atoms with Gasteiger partial charge in [0, 0.05) is 32.0 Å². The molecule has 0 unspecified atom stereocenters. The molecule has 0 bridgehead atoms. The largest absolute Gasteiger partial charge is 0.309 e. The summed E-state index contributed by atoms with van der Waals surface area (Å²) in [6.45, 7) is 5.63. The zero-order valence-corrected chi connectivity index (χ0v) is 15.0. The van der Waals surface area contributed by atoms with Gasteiger partial charge in [-0.1, -0.05) is 6.07 Å². The third kappa shape index (κ3) is 3.06. The molecule has 132 valence electrons. The predicted octanol–water partition coefficient (Wildman–Crippen LogP) is 2.14. The van der Waals surface area contributed by atoms with Crippen LogP contribution in [-0.4, -0.2) is 45.2 Å². The number of aromatic nitrogens is 3. The van der Waals surface area contributed by atoms with Gasteiger partial charge in [0.05, 0.1) is 23.0 Å². The Hall–Kier alpha value is -2.21. The molecule has 0 atom stereocenters. The molecule has 2 aliphatic heterocycles. The lowest BCUT2D eigenvalue weighted by atomic mass is 9.77. The molecule has 0 aromatic carbocycles. The fourth-order valence-corrected chi connectivity index (χ4v) is 4.13. The molecule has 2 aromatic heterocycles. The summed E-state index contributed by atoms with van der Waals surface area (Å²) in [6.07, 6.45) is 6.55. The highest BCUT2D eigenvalue weighted by Gasteiger charge is 2.48. The second-order valence-electron chi connectivity index (χ2n) is 7.41. The first-order valence-electron chi connectivity index (χ1n) is 9.01. The highest BCUT2D eigenvalue weighted by molar-refractivity contribution is 5.99. The van der Waals surface area contributed by atoms with Crippen molar-refractivity contribution in [1.29, 1.82) is 0 Å². The van der Waals surface area contributed by atoms with Gasteiger partial charge in [0.25, 0.3) is 0 Å². The van der Waals surface area contributed by atoms with Crippen LogP contribution in [0, 0.1) is 12.3 Å². The number of pyridine rings is 1. The van der Waals surface area contributed by atoms with Gasteiger partial charge in [-0.15, -0.1) is 0 Å². The Bertz CT molecular complexity index is 776. The summed E-state index contributed by atoms with van der Waals surface area (Å²) in [6, 6.07) is 6.18. The van der Waals surface area contributed by atoms with Gasteiger partial charge in [-0.2, -0.15) is 5.10 Å². The number of aryl methyl sites for hydroxylation is 2. The summed E-state index contributed by atoms with van der Waals surface area (Å²) < 4.78 is 1.76. The van der Waals surface area contributed by atoms with Gasteiger partial charge in [-0.25, -0.2) is 0 Å². The van der Waals surface area contributed by atoms with Crippen molar-refractivity contribution in [3.8, 4) is 0 Å². The molecule has 4 rings (SSSR count). The Balaban J connectivity index is 1.40. The topological polar surface area (TPSA) is 54.3 Å². The smallest absolute Gasteiger partial charge is 0.233 e. The fraction of sp³-hybridized carbons (Fsp3) is 0.526. The van der Waals surface area contributed by atoms with Crippen LogP contribution in [0.15, 0.2) is 30.6 Å². The maximum absolute atomic E-state index is 13.1. The van der Waals surface area contributed by atoms with Gasteiger partial charge in [0.15, 0.2) is 0 Å². The average molecular weight is 339 g/mol. The summed E-state index contributed by atoms with van der Waals surface area (Å²) >= 11 is 0.